The topological polar surface area (TPSA) is 65.1 Å². The molecule has 0 amide bonds. The summed E-state index contributed by atoms with van der Waals surface area (Å²) in [4.78, 5) is 26.8. The van der Waals surface area contributed by atoms with E-state index in [0.29, 0.717) is 22.7 Å². The summed E-state index contributed by atoms with van der Waals surface area (Å²) in [5.41, 5.74) is -0.446. The highest BCUT2D eigenvalue weighted by Crippen LogP contribution is 2.45. The second-order valence-corrected chi connectivity index (χ2v) is 4.96. The lowest BCUT2D eigenvalue weighted by molar-refractivity contribution is -0.144. The van der Waals surface area contributed by atoms with Crippen LogP contribution in [0.1, 0.15) is 16.8 Å². The Labute approximate surface area is 129 Å². The molecule has 0 fully saturated rings. The highest BCUT2D eigenvalue weighted by atomic mass is 16.5. The summed E-state index contributed by atoms with van der Waals surface area (Å²) in [5, 5.41) is 0. The standard InChI is InChI=1S/C16H19NO5/c1-6-7-16(15(19)22-5)14(18)10-8-12(20-3)13(21-4)9-11(10)17(16)2/h6,8-9H,1,7H2,2-5H3. The van der Waals surface area contributed by atoms with Crippen molar-refractivity contribution in [3.63, 3.8) is 0 Å². The van der Waals surface area contributed by atoms with Crippen molar-refractivity contribution in [2.45, 2.75) is 12.0 Å². The van der Waals surface area contributed by atoms with Crippen molar-refractivity contribution in [3.8, 4) is 11.5 Å². The van der Waals surface area contributed by atoms with Crippen molar-refractivity contribution in [1.29, 1.82) is 0 Å². The van der Waals surface area contributed by atoms with E-state index in [9.17, 15) is 9.59 Å². The molecule has 1 heterocycles. The van der Waals surface area contributed by atoms with E-state index in [-0.39, 0.29) is 12.2 Å². The van der Waals surface area contributed by atoms with Crippen LogP contribution in [0.3, 0.4) is 0 Å². The van der Waals surface area contributed by atoms with Gasteiger partial charge < -0.3 is 19.1 Å². The summed E-state index contributed by atoms with van der Waals surface area (Å²) in [6, 6.07) is 3.26. The van der Waals surface area contributed by atoms with Gasteiger partial charge in [-0.25, -0.2) is 4.79 Å². The number of benzene rings is 1. The van der Waals surface area contributed by atoms with Gasteiger partial charge in [-0.05, 0) is 6.07 Å². The molecule has 0 radical (unpaired) electrons. The molecule has 0 saturated heterocycles. The van der Waals surface area contributed by atoms with Gasteiger partial charge in [0.05, 0.1) is 27.0 Å². The van der Waals surface area contributed by atoms with Crippen molar-refractivity contribution >= 4 is 17.4 Å². The van der Waals surface area contributed by atoms with Crippen LogP contribution in [0.2, 0.25) is 0 Å². The van der Waals surface area contributed by atoms with Crippen LogP contribution in [-0.4, -0.2) is 45.7 Å². The highest BCUT2D eigenvalue weighted by molar-refractivity contribution is 6.25. The molecular formula is C16H19NO5. The van der Waals surface area contributed by atoms with Gasteiger partial charge in [0.25, 0.3) is 0 Å². The third kappa shape index (κ3) is 1.94. The number of hydrogen-bond donors (Lipinski definition) is 0. The number of ether oxygens (including phenoxy) is 3. The van der Waals surface area contributed by atoms with Crippen LogP contribution in [0.5, 0.6) is 11.5 Å². The first-order chi connectivity index (χ1) is 10.5. The van der Waals surface area contributed by atoms with E-state index in [1.807, 2.05) is 0 Å². The zero-order valence-electron chi connectivity index (χ0n) is 13.1. The molecule has 2 rings (SSSR count). The Balaban J connectivity index is 2.67. The fourth-order valence-corrected chi connectivity index (χ4v) is 2.83. The summed E-state index contributed by atoms with van der Waals surface area (Å²) in [6.07, 6.45) is 1.68. The Morgan fingerprint density at radius 3 is 2.36 bits per heavy atom. The number of esters is 1. The van der Waals surface area contributed by atoms with Gasteiger partial charge >= 0.3 is 5.97 Å². The number of ketones is 1. The number of fused-ring (bicyclic) bond motifs is 1. The summed E-state index contributed by atoms with van der Waals surface area (Å²) in [6.45, 7) is 3.65. The van der Waals surface area contributed by atoms with Gasteiger partial charge in [0.15, 0.2) is 11.5 Å². The maximum absolute atomic E-state index is 12.9. The summed E-state index contributed by atoms with van der Waals surface area (Å²) >= 11 is 0. The van der Waals surface area contributed by atoms with Gasteiger partial charge in [-0.2, -0.15) is 0 Å². The van der Waals surface area contributed by atoms with E-state index in [1.54, 1.807) is 24.1 Å². The molecule has 1 aliphatic rings. The Bertz CT molecular complexity index is 640. The fraction of sp³-hybridized carbons (Fsp3) is 0.375. The van der Waals surface area contributed by atoms with Crippen LogP contribution in [0, 0.1) is 0 Å². The second kappa shape index (κ2) is 5.71. The molecule has 0 saturated carbocycles. The SMILES string of the molecule is C=CCC1(C(=O)OC)C(=O)c2cc(OC)c(OC)cc2N1C. The molecule has 22 heavy (non-hydrogen) atoms. The van der Waals surface area contributed by atoms with Crippen molar-refractivity contribution in [1.82, 2.24) is 0 Å². The lowest BCUT2D eigenvalue weighted by Crippen LogP contribution is -2.55. The van der Waals surface area contributed by atoms with Gasteiger partial charge in [0.2, 0.25) is 11.3 Å². The Hall–Kier alpha value is -2.50. The average Bonchev–Trinajstić information content (AvgIpc) is 2.75. The lowest BCUT2D eigenvalue weighted by atomic mass is 9.89. The Kier molecular flexibility index (Phi) is 4.12. The summed E-state index contributed by atoms with van der Waals surface area (Å²) < 4.78 is 15.4. The Morgan fingerprint density at radius 1 is 1.27 bits per heavy atom. The average molecular weight is 305 g/mol. The molecule has 6 nitrogen and oxygen atoms in total. The highest BCUT2D eigenvalue weighted by Gasteiger charge is 2.56. The third-order valence-corrected chi connectivity index (χ3v) is 4.02. The van der Waals surface area contributed by atoms with Crippen LogP contribution in [-0.2, 0) is 9.53 Å². The summed E-state index contributed by atoms with van der Waals surface area (Å²) in [7, 11) is 5.94. The van der Waals surface area contributed by atoms with Crippen molar-refractivity contribution in [2.75, 3.05) is 33.3 Å². The number of hydrogen-bond acceptors (Lipinski definition) is 6. The third-order valence-electron chi connectivity index (χ3n) is 4.02. The molecular weight excluding hydrogens is 286 g/mol. The maximum atomic E-state index is 12.9. The second-order valence-electron chi connectivity index (χ2n) is 4.96. The maximum Gasteiger partial charge on any atom is 0.340 e. The number of methoxy groups -OCH3 is 3. The van der Waals surface area contributed by atoms with Crippen LogP contribution in [0.25, 0.3) is 0 Å². The molecule has 1 aromatic rings. The van der Waals surface area contributed by atoms with Crippen LogP contribution < -0.4 is 14.4 Å². The van der Waals surface area contributed by atoms with Crippen LogP contribution in [0.15, 0.2) is 24.8 Å². The zero-order valence-corrected chi connectivity index (χ0v) is 13.1. The monoisotopic (exact) mass is 305 g/mol. The molecule has 1 aromatic carbocycles. The number of carbonyl (C=O) groups is 2. The minimum atomic E-state index is -1.43. The van der Waals surface area contributed by atoms with E-state index < -0.39 is 11.5 Å². The van der Waals surface area contributed by atoms with Gasteiger partial charge in [-0.3, -0.25) is 4.79 Å². The van der Waals surface area contributed by atoms with Gasteiger partial charge in [0, 0.05) is 25.1 Å². The van der Waals surface area contributed by atoms with E-state index in [1.165, 1.54) is 27.4 Å². The molecule has 1 atom stereocenters. The minimum Gasteiger partial charge on any atom is -0.493 e. The minimum absolute atomic E-state index is 0.147. The normalized spacial score (nSPS) is 19.6. The van der Waals surface area contributed by atoms with Gasteiger partial charge in [0.1, 0.15) is 0 Å². The van der Waals surface area contributed by atoms with Crippen molar-refractivity contribution < 1.29 is 23.8 Å². The number of nitrogens with zero attached hydrogens (tertiary/aromatic N) is 1. The first-order valence-electron chi connectivity index (χ1n) is 6.71. The van der Waals surface area contributed by atoms with Crippen molar-refractivity contribution in [2.24, 2.45) is 0 Å². The van der Waals surface area contributed by atoms with Crippen molar-refractivity contribution in [3.05, 3.63) is 30.4 Å². The number of Topliss-reactive ketones (excluding diaryl/α,β-unsaturated/α-hetero) is 1. The Morgan fingerprint density at radius 2 is 1.86 bits per heavy atom. The predicted molar refractivity (Wildman–Crippen MR) is 81.8 cm³/mol. The summed E-state index contributed by atoms with van der Waals surface area (Å²) in [5.74, 6) is -0.0332. The van der Waals surface area contributed by atoms with E-state index in [4.69, 9.17) is 14.2 Å². The fourth-order valence-electron chi connectivity index (χ4n) is 2.83. The number of rotatable bonds is 5. The van der Waals surface area contributed by atoms with E-state index >= 15 is 0 Å². The number of likely N-dealkylation sites (N-methyl/N-ethyl adjacent to an activating group) is 1. The molecule has 6 heteroatoms. The smallest absolute Gasteiger partial charge is 0.340 e. The lowest BCUT2D eigenvalue weighted by Gasteiger charge is -2.32. The van der Waals surface area contributed by atoms with E-state index in [2.05, 4.69) is 6.58 Å². The number of carbonyl (C=O) groups excluding carboxylic acids is 2. The molecule has 0 bridgehead atoms. The number of anilines is 1. The van der Waals surface area contributed by atoms with E-state index in [0.717, 1.165) is 0 Å². The molecule has 0 aromatic heterocycles. The van der Waals surface area contributed by atoms with Gasteiger partial charge in [-0.1, -0.05) is 6.08 Å². The molecule has 0 aliphatic carbocycles. The molecule has 0 N–H and O–H groups in total. The molecule has 1 unspecified atom stereocenters. The largest absolute Gasteiger partial charge is 0.493 e. The predicted octanol–water partition coefficient (Wildman–Crippen LogP) is 1.82. The van der Waals surface area contributed by atoms with Crippen LogP contribution in [0.4, 0.5) is 5.69 Å². The molecule has 0 spiro atoms. The molecule has 118 valence electrons. The molecule has 1 aliphatic heterocycles. The first kappa shape index (κ1) is 15.9. The first-order valence-corrected chi connectivity index (χ1v) is 6.71. The quantitative estimate of drug-likeness (QED) is 0.470. The zero-order chi connectivity index (χ0) is 16.5. The van der Waals surface area contributed by atoms with Gasteiger partial charge in [-0.15, -0.1) is 6.58 Å². The van der Waals surface area contributed by atoms with Crippen LogP contribution >= 0.6 is 0 Å².